The smallest absolute Gasteiger partial charge is 0.322 e. The Hall–Kier alpha value is -2.77. The number of anilines is 1. The molecule has 0 atom stereocenters. The highest BCUT2D eigenvalue weighted by Crippen LogP contribution is 2.43. The number of nitrogens with two attached hydrogens (primary N) is 1. The number of allylic oxidation sites excluding steroid dienone is 3. The molecule has 1 aliphatic heterocycles. The Morgan fingerprint density at radius 1 is 1.26 bits per heavy atom. The Balaban J connectivity index is 1.48. The van der Waals surface area contributed by atoms with Crippen molar-refractivity contribution in [2.24, 2.45) is 5.92 Å². The van der Waals surface area contributed by atoms with Gasteiger partial charge in [-0.05, 0) is 43.0 Å². The van der Waals surface area contributed by atoms with Gasteiger partial charge >= 0.3 is 6.03 Å². The maximum atomic E-state index is 12.6. The summed E-state index contributed by atoms with van der Waals surface area (Å²) in [5.41, 5.74) is 9.50. The van der Waals surface area contributed by atoms with Crippen LogP contribution in [-0.2, 0) is 13.1 Å². The first-order valence-electron chi connectivity index (χ1n) is 10.2. The third kappa shape index (κ3) is 3.95. The van der Waals surface area contributed by atoms with Crippen molar-refractivity contribution in [3.8, 4) is 17.0 Å². The number of nitrogens with zero attached hydrogens (tertiary/aromatic N) is 3. The van der Waals surface area contributed by atoms with Crippen LogP contribution in [0.5, 0.6) is 5.75 Å². The number of nitrogen functional groups attached to an aromatic ring is 1. The molecule has 160 valence electrons. The number of rotatable bonds is 5. The molecule has 1 aromatic heterocycles. The molecule has 2 heterocycles. The molecule has 2 amide bonds. The van der Waals surface area contributed by atoms with Gasteiger partial charge in [-0.1, -0.05) is 35.7 Å². The molecule has 3 aliphatic rings. The molecular formula is C22H21Cl2N5O2. The minimum atomic E-state index is -0.207. The van der Waals surface area contributed by atoms with Crippen LogP contribution in [0.1, 0.15) is 30.5 Å². The van der Waals surface area contributed by atoms with E-state index >= 15 is 0 Å². The van der Waals surface area contributed by atoms with Gasteiger partial charge in [0.15, 0.2) is 0 Å². The van der Waals surface area contributed by atoms with Crippen LogP contribution < -0.4 is 15.8 Å². The van der Waals surface area contributed by atoms with Crippen molar-refractivity contribution in [3.63, 3.8) is 0 Å². The van der Waals surface area contributed by atoms with Gasteiger partial charge in [-0.15, -0.1) is 0 Å². The molecule has 2 aromatic rings. The third-order valence-corrected chi connectivity index (χ3v) is 6.36. The van der Waals surface area contributed by atoms with Gasteiger partial charge in [-0.3, -0.25) is 0 Å². The number of carbonyl (C=O) groups is 1. The van der Waals surface area contributed by atoms with E-state index in [1.165, 1.54) is 6.42 Å². The molecule has 0 radical (unpaired) electrons. The molecule has 0 saturated heterocycles. The van der Waals surface area contributed by atoms with Gasteiger partial charge in [0.05, 0.1) is 41.7 Å². The van der Waals surface area contributed by atoms with Crippen molar-refractivity contribution in [2.75, 3.05) is 12.3 Å². The minimum Gasteiger partial charge on any atom is -0.492 e. The van der Waals surface area contributed by atoms with Crippen LogP contribution in [0.2, 0.25) is 10.0 Å². The highest BCUT2D eigenvalue weighted by atomic mass is 35.5. The number of hydrogen-bond donors (Lipinski definition) is 2. The average Bonchev–Trinajstić information content (AvgIpc) is 3.06. The fourth-order valence-corrected chi connectivity index (χ4v) is 4.43. The van der Waals surface area contributed by atoms with E-state index in [1.807, 2.05) is 18.2 Å². The zero-order chi connectivity index (χ0) is 21.5. The Kier molecular flexibility index (Phi) is 5.24. The van der Waals surface area contributed by atoms with Crippen molar-refractivity contribution in [1.29, 1.82) is 0 Å². The molecule has 0 spiro atoms. The maximum Gasteiger partial charge on any atom is 0.322 e. The second-order valence-electron chi connectivity index (χ2n) is 7.99. The molecule has 3 N–H and O–H groups in total. The highest BCUT2D eigenvalue weighted by molar-refractivity contribution is 6.37. The van der Waals surface area contributed by atoms with Gasteiger partial charge in [0, 0.05) is 16.3 Å². The van der Waals surface area contributed by atoms with Crippen LogP contribution in [0.25, 0.3) is 11.3 Å². The number of amides is 2. The van der Waals surface area contributed by atoms with Crippen LogP contribution in [0.3, 0.4) is 0 Å². The quantitative estimate of drug-likeness (QED) is 0.678. The molecule has 7 nitrogen and oxygen atoms in total. The molecule has 9 heteroatoms. The van der Waals surface area contributed by atoms with E-state index < -0.39 is 0 Å². The summed E-state index contributed by atoms with van der Waals surface area (Å²) in [4.78, 5) is 23.2. The molecule has 5 rings (SSSR count). The average molecular weight is 458 g/mol. The Bertz CT molecular complexity index is 1130. The fourth-order valence-electron chi connectivity index (χ4n) is 3.86. The van der Waals surface area contributed by atoms with E-state index in [0.717, 1.165) is 24.1 Å². The molecule has 2 aliphatic carbocycles. The Morgan fingerprint density at radius 2 is 2.06 bits per heavy atom. The van der Waals surface area contributed by atoms with E-state index in [2.05, 4.69) is 15.3 Å². The summed E-state index contributed by atoms with van der Waals surface area (Å²) in [5, 5.41) is 3.76. The number of aromatic nitrogens is 2. The van der Waals surface area contributed by atoms with Crippen LogP contribution >= 0.6 is 23.2 Å². The minimum absolute atomic E-state index is 0.122. The number of hydrogen-bond acceptors (Lipinski definition) is 5. The Morgan fingerprint density at radius 3 is 2.74 bits per heavy atom. The lowest BCUT2D eigenvalue weighted by atomic mass is 9.86. The summed E-state index contributed by atoms with van der Waals surface area (Å²) in [6, 6.07) is 3.21. The zero-order valence-corrected chi connectivity index (χ0v) is 18.2. The topological polar surface area (TPSA) is 93.4 Å². The van der Waals surface area contributed by atoms with Crippen molar-refractivity contribution in [2.45, 2.75) is 32.4 Å². The molecule has 1 aromatic carbocycles. The number of ether oxygens (including phenoxy) is 1. The second-order valence-corrected chi connectivity index (χ2v) is 8.84. The number of nitrogens with one attached hydrogen (secondary N) is 1. The first-order chi connectivity index (χ1) is 15.0. The van der Waals surface area contributed by atoms with E-state index in [-0.39, 0.29) is 12.0 Å². The third-order valence-electron chi connectivity index (χ3n) is 5.84. The number of carbonyl (C=O) groups excluding carboxylic acids is 1. The second kappa shape index (κ2) is 8.05. The highest BCUT2D eigenvalue weighted by Gasteiger charge is 2.31. The van der Waals surface area contributed by atoms with Crippen molar-refractivity contribution in [3.05, 3.63) is 57.4 Å². The number of fused-ring (bicyclic) bond motifs is 1. The van der Waals surface area contributed by atoms with Crippen LogP contribution in [0.4, 0.5) is 10.7 Å². The van der Waals surface area contributed by atoms with E-state index in [1.54, 1.807) is 17.0 Å². The largest absolute Gasteiger partial charge is 0.492 e. The number of urea groups is 1. The lowest BCUT2D eigenvalue weighted by Gasteiger charge is -2.26. The van der Waals surface area contributed by atoms with Gasteiger partial charge in [0.25, 0.3) is 0 Å². The lowest BCUT2D eigenvalue weighted by molar-refractivity contribution is 0.181. The van der Waals surface area contributed by atoms with Crippen molar-refractivity contribution in [1.82, 2.24) is 20.2 Å². The normalized spacial score (nSPS) is 17.0. The molecule has 1 saturated carbocycles. The summed E-state index contributed by atoms with van der Waals surface area (Å²) < 4.78 is 6.13. The molecule has 1 fully saturated rings. The van der Waals surface area contributed by atoms with Gasteiger partial charge in [0.1, 0.15) is 5.75 Å². The summed E-state index contributed by atoms with van der Waals surface area (Å²) in [5.74, 6) is 1.23. The van der Waals surface area contributed by atoms with Crippen LogP contribution in [-0.4, -0.2) is 27.5 Å². The summed E-state index contributed by atoms with van der Waals surface area (Å²) >= 11 is 12.9. The summed E-state index contributed by atoms with van der Waals surface area (Å²) in [6.45, 7) is 1.28. The van der Waals surface area contributed by atoms with Gasteiger partial charge < -0.3 is 20.7 Å². The van der Waals surface area contributed by atoms with Crippen molar-refractivity contribution < 1.29 is 9.53 Å². The van der Waals surface area contributed by atoms with Crippen LogP contribution in [0.15, 0.2) is 36.1 Å². The number of benzene rings is 1. The molecule has 0 bridgehead atoms. The molecule has 0 unspecified atom stereocenters. The van der Waals surface area contributed by atoms with Crippen LogP contribution in [0, 0.1) is 5.92 Å². The van der Waals surface area contributed by atoms with Crippen molar-refractivity contribution >= 4 is 35.2 Å². The lowest BCUT2D eigenvalue weighted by Crippen LogP contribution is -2.36. The molecular weight excluding hydrogens is 437 g/mol. The van der Waals surface area contributed by atoms with E-state index in [4.69, 9.17) is 33.7 Å². The van der Waals surface area contributed by atoms with Gasteiger partial charge in [0.2, 0.25) is 5.95 Å². The zero-order valence-electron chi connectivity index (χ0n) is 16.7. The standard InChI is InChI=1S/C22H21Cl2N5O2/c23-13-7-16(24)19(18(8-13)31-11-12-3-1-4-12)20-15-9-29(10-17(15)27-21(25)28-20)22(30)26-14-5-2-6-14/h2,5-8,12H,1,3-4,9-11H2,(H,26,30)(H2,25,27,28). The molecule has 31 heavy (non-hydrogen) atoms. The number of halogens is 2. The van der Waals surface area contributed by atoms with Gasteiger partial charge in [-0.2, -0.15) is 0 Å². The fraction of sp³-hybridized carbons (Fsp3) is 0.318. The van der Waals surface area contributed by atoms with Gasteiger partial charge in [-0.25, -0.2) is 14.8 Å². The SMILES string of the molecule is Nc1nc2c(c(-c3c(Cl)cc(Cl)cc3OCC3CCC3)n1)CN(C(=O)NC1=CC=C1)C2. The summed E-state index contributed by atoms with van der Waals surface area (Å²) in [6.07, 6.45) is 9.10. The first kappa shape index (κ1) is 20.2. The Labute approximate surface area is 189 Å². The van der Waals surface area contributed by atoms with E-state index in [9.17, 15) is 4.79 Å². The summed E-state index contributed by atoms with van der Waals surface area (Å²) in [7, 11) is 0. The predicted molar refractivity (Wildman–Crippen MR) is 120 cm³/mol. The first-order valence-corrected chi connectivity index (χ1v) is 11.0. The monoisotopic (exact) mass is 457 g/mol. The maximum absolute atomic E-state index is 12.6. The predicted octanol–water partition coefficient (Wildman–Crippen LogP) is 4.69. The van der Waals surface area contributed by atoms with E-state index in [0.29, 0.717) is 58.4 Å².